The van der Waals surface area contributed by atoms with E-state index >= 15 is 0 Å². The summed E-state index contributed by atoms with van der Waals surface area (Å²) >= 11 is 0. The van der Waals surface area contributed by atoms with E-state index in [1.165, 1.54) is 26.2 Å². The summed E-state index contributed by atoms with van der Waals surface area (Å²) in [5.41, 5.74) is 2.07. The Kier molecular flexibility index (Phi) is 5.88. The number of sulfonamides is 1. The highest BCUT2D eigenvalue weighted by atomic mass is 32.2. The molecule has 0 atom stereocenters. The summed E-state index contributed by atoms with van der Waals surface area (Å²) < 4.78 is 31.5. The van der Waals surface area contributed by atoms with Crippen LogP contribution in [0.25, 0.3) is 11.0 Å². The lowest BCUT2D eigenvalue weighted by Gasteiger charge is -2.32. The van der Waals surface area contributed by atoms with Crippen molar-refractivity contribution in [2.45, 2.75) is 23.8 Å². The molecule has 0 saturated carbocycles. The van der Waals surface area contributed by atoms with Crippen LogP contribution in [0.5, 0.6) is 5.88 Å². The van der Waals surface area contributed by atoms with Crippen molar-refractivity contribution in [3.63, 3.8) is 0 Å². The minimum atomic E-state index is -3.51. The van der Waals surface area contributed by atoms with Crippen molar-refractivity contribution < 1.29 is 17.9 Å². The van der Waals surface area contributed by atoms with Gasteiger partial charge < -0.3 is 9.64 Å². The van der Waals surface area contributed by atoms with E-state index in [0.29, 0.717) is 37.4 Å². The number of amides is 1. The van der Waals surface area contributed by atoms with E-state index in [4.69, 9.17) is 4.74 Å². The standard InChI is InChI=1S/C22H24N4O4S/c1-25(2)31(28,29)18-9-7-16(8-10-18)22(27)26-13-11-17(12-14-26)30-21-15-23-19-5-3-4-6-20(19)24-21/h3-10,15,17H,11-14H2,1-2H3. The molecular formula is C22H24N4O4S. The van der Waals surface area contributed by atoms with Gasteiger partial charge in [-0.2, -0.15) is 0 Å². The lowest BCUT2D eigenvalue weighted by Crippen LogP contribution is -2.41. The van der Waals surface area contributed by atoms with Crippen LogP contribution in [-0.2, 0) is 10.0 Å². The van der Waals surface area contributed by atoms with E-state index in [0.717, 1.165) is 15.3 Å². The topological polar surface area (TPSA) is 92.7 Å². The number of carbonyl (C=O) groups excluding carboxylic acids is 1. The highest BCUT2D eigenvalue weighted by molar-refractivity contribution is 7.89. The van der Waals surface area contributed by atoms with Gasteiger partial charge in [0.15, 0.2) is 0 Å². The normalized spacial score (nSPS) is 15.4. The molecule has 0 bridgehead atoms. The maximum absolute atomic E-state index is 12.8. The number of fused-ring (bicyclic) bond motifs is 1. The molecule has 162 valence electrons. The minimum Gasteiger partial charge on any atom is -0.473 e. The van der Waals surface area contributed by atoms with E-state index in [1.54, 1.807) is 23.2 Å². The van der Waals surface area contributed by atoms with Crippen LogP contribution in [0.4, 0.5) is 0 Å². The van der Waals surface area contributed by atoms with E-state index in [9.17, 15) is 13.2 Å². The minimum absolute atomic E-state index is 0.0351. The molecule has 0 unspecified atom stereocenters. The monoisotopic (exact) mass is 440 g/mol. The molecule has 31 heavy (non-hydrogen) atoms. The molecule has 4 rings (SSSR count). The summed E-state index contributed by atoms with van der Waals surface area (Å²) in [6.07, 6.45) is 2.97. The molecule has 2 heterocycles. The third-order valence-corrected chi connectivity index (χ3v) is 7.15. The first-order chi connectivity index (χ1) is 14.8. The molecule has 1 fully saturated rings. The number of benzene rings is 2. The van der Waals surface area contributed by atoms with Crippen LogP contribution in [0.2, 0.25) is 0 Å². The highest BCUT2D eigenvalue weighted by Gasteiger charge is 2.26. The zero-order valence-corrected chi connectivity index (χ0v) is 18.2. The van der Waals surface area contributed by atoms with Gasteiger partial charge in [-0.3, -0.25) is 4.79 Å². The Hall–Kier alpha value is -3.04. The Bertz CT molecular complexity index is 1190. The second kappa shape index (κ2) is 8.60. The van der Waals surface area contributed by atoms with Gasteiger partial charge in [-0.15, -0.1) is 0 Å². The van der Waals surface area contributed by atoms with Gasteiger partial charge in [0.2, 0.25) is 15.9 Å². The smallest absolute Gasteiger partial charge is 0.253 e. The van der Waals surface area contributed by atoms with Crippen LogP contribution >= 0.6 is 0 Å². The van der Waals surface area contributed by atoms with E-state index in [2.05, 4.69) is 9.97 Å². The molecule has 1 aliphatic heterocycles. The quantitative estimate of drug-likeness (QED) is 0.605. The van der Waals surface area contributed by atoms with Gasteiger partial charge in [0.05, 0.1) is 22.1 Å². The summed E-state index contributed by atoms with van der Waals surface area (Å²) in [5, 5.41) is 0. The van der Waals surface area contributed by atoms with E-state index < -0.39 is 10.0 Å². The van der Waals surface area contributed by atoms with Crippen LogP contribution < -0.4 is 4.74 Å². The molecule has 1 amide bonds. The number of ether oxygens (including phenoxy) is 1. The largest absolute Gasteiger partial charge is 0.473 e. The number of aromatic nitrogens is 2. The second-order valence-electron chi connectivity index (χ2n) is 7.62. The van der Waals surface area contributed by atoms with Crippen LogP contribution in [0.1, 0.15) is 23.2 Å². The van der Waals surface area contributed by atoms with Crippen molar-refractivity contribution in [2.24, 2.45) is 0 Å². The van der Waals surface area contributed by atoms with Gasteiger partial charge in [0, 0.05) is 45.6 Å². The van der Waals surface area contributed by atoms with E-state index in [1.807, 2.05) is 24.3 Å². The summed E-state index contributed by atoms with van der Waals surface area (Å²) in [6.45, 7) is 1.12. The number of rotatable bonds is 5. The lowest BCUT2D eigenvalue weighted by molar-refractivity contribution is 0.0587. The zero-order valence-electron chi connectivity index (χ0n) is 17.4. The van der Waals surface area contributed by atoms with Crippen LogP contribution in [0, 0.1) is 0 Å². The Morgan fingerprint density at radius 2 is 1.68 bits per heavy atom. The van der Waals surface area contributed by atoms with E-state index in [-0.39, 0.29) is 16.9 Å². The number of likely N-dealkylation sites (tertiary alicyclic amines) is 1. The average molecular weight is 441 g/mol. The third-order valence-electron chi connectivity index (χ3n) is 5.32. The zero-order chi connectivity index (χ0) is 22.0. The van der Waals surface area contributed by atoms with Gasteiger partial charge in [0.25, 0.3) is 5.91 Å². The van der Waals surface area contributed by atoms with Crippen molar-refractivity contribution in [1.82, 2.24) is 19.2 Å². The Labute approximate surface area is 181 Å². The number of hydrogen-bond donors (Lipinski definition) is 0. The number of carbonyl (C=O) groups is 1. The Balaban J connectivity index is 1.36. The molecule has 1 saturated heterocycles. The summed E-state index contributed by atoms with van der Waals surface area (Å²) in [6, 6.07) is 13.7. The number of nitrogens with zero attached hydrogens (tertiary/aromatic N) is 4. The highest BCUT2D eigenvalue weighted by Crippen LogP contribution is 2.21. The Morgan fingerprint density at radius 1 is 1.03 bits per heavy atom. The Morgan fingerprint density at radius 3 is 2.32 bits per heavy atom. The average Bonchev–Trinajstić information content (AvgIpc) is 2.79. The van der Waals surface area contributed by atoms with Crippen molar-refractivity contribution in [2.75, 3.05) is 27.2 Å². The molecule has 8 nitrogen and oxygen atoms in total. The van der Waals surface area contributed by atoms with Crippen LogP contribution in [0.15, 0.2) is 59.6 Å². The molecule has 0 radical (unpaired) electrons. The summed E-state index contributed by atoms with van der Waals surface area (Å²) in [7, 11) is -0.562. The SMILES string of the molecule is CN(C)S(=O)(=O)c1ccc(C(=O)N2CCC(Oc3cnc4ccccc4n3)CC2)cc1. The van der Waals surface area contributed by atoms with Gasteiger partial charge in [-0.05, 0) is 36.4 Å². The van der Waals surface area contributed by atoms with Crippen LogP contribution in [-0.4, -0.2) is 66.8 Å². The molecule has 9 heteroatoms. The fourth-order valence-corrected chi connectivity index (χ4v) is 4.41. The molecular weight excluding hydrogens is 416 g/mol. The predicted molar refractivity (Wildman–Crippen MR) is 116 cm³/mol. The lowest BCUT2D eigenvalue weighted by atomic mass is 10.1. The molecule has 1 aromatic heterocycles. The van der Waals surface area contributed by atoms with Crippen molar-refractivity contribution in [3.8, 4) is 5.88 Å². The first kappa shape index (κ1) is 21.2. The van der Waals surface area contributed by atoms with Crippen molar-refractivity contribution >= 4 is 27.0 Å². The number of hydrogen-bond acceptors (Lipinski definition) is 6. The molecule has 0 N–H and O–H groups in total. The third kappa shape index (κ3) is 4.52. The molecule has 3 aromatic rings. The molecule has 1 aliphatic rings. The van der Waals surface area contributed by atoms with Crippen molar-refractivity contribution in [1.29, 1.82) is 0 Å². The van der Waals surface area contributed by atoms with Crippen molar-refractivity contribution in [3.05, 3.63) is 60.3 Å². The maximum Gasteiger partial charge on any atom is 0.253 e. The van der Waals surface area contributed by atoms with Gasteiger partial charge in [-0.1, -0.05) is 12.1 Å². The van der Waals surface area contributed by atoms with Gasteiger partial charge in [0.1, 0.15) is 6.10 Å². The fourth-order valence-electron chi connectivity index (χ4n) is 3.51. The number of piperidine rings is 1. The predicted octanol–water partition coefficient (Wildman–Crippen LogP) is 2.56. The summed E-state index contributed by atoms with van der Waals surface area (Å²) in [5.74, 6) is 0.374. The fraction of sp³-hybridized carbons (Fsp3) is 0.318. The van der Waals surface area contributed by atoms with Crippen LogP contribution in [0.3, 0.4) is 0 Å². The first-order valence-corrected chi connectivity index (χ1v) is 11.5. The first-order valence-electron chi connectivity index (χ1n) is 10.0. The van der Waals surface area contributed by atoms with Gasteiger partial charge >= 0.3 is 0 Å². The van der Waals surface area contributed by atoms with Gasteiger partial charge in [-0.25, -0.2) is 22.7 Å². The molecule has 0 spiro atoms. The molecule has 0 aliphatic carbocycles. The summed E-state index contributed by atoms with van der Waals surface area (Å²) in [4.78, 5) is 23.6. The maximum atomic E-state index is 12.8. The second-order valence-corrected chi connectivity index (χ2v) is 9.77. The number of para-hydroxylation sites is 2. The molecule has 2 aromatic carbocycles.